The van der Waals surface area contributed by atoms with E-state index in [9.17, 15) is 9.59 Å². The van der Waals surface area contributed by atoms with E-state index in [2.05, 4.69) is 0 Å². The molecule has 0 amide bonds. The number of carbonyl (C=O) groups excluding carboxylic acids is 2. The molecule has 4 heteroatoms. The molecular formula is C11H16O4. The Morgan fingerprint density at radius 1 is 1.53 bits per heavy atom. The fraction of sp³-hybridized carbons (Fsp3) is 0.818. The van der Waals surface area contributed by atoms with Crippen molar-refractivity contribution in [3.8, 4) is 0 Å². The maximum absolute atomic E-state index is 11.6. The number of fused-ring (bicyclic) bond motifs is 1. The molecule has 1 aliphatic heterocycles. The van der Waals surface area contributed by atoms with Gasteiger partial charge in [-0.05, 0) is 19.8 Å². The van der Waals surface area contributed by atoms with E-state index in [-0.39, 0.29) is 36.3 Å². The lowest BCUT2D eigenvalue weighted by atomic mass is 9.78. The molecule has 1 aliphatic carbocycles. The number of ether oxygens (including phenoxy) is 2. The van der Waals surface area contributed by atoms with Gasteiger partial charge in [0, 0.05) is 5.92 Å². The van der Waals surface area contributed by atoms with E-state index in [1.54, 1.807) is 6.92 Å². The summed E-state index contributed by atoms with van der Waals surface area (Å²) in [5, 5.41) is 0. The van der Waals surface area contributed by atoms with Crippen LogP contribution in [0.5, 0.6) is 0 Å². The molecular weight excluding hydrogens is 196 g/mol. The number of ketones is 1. The molecule has 2 aliphatic rings. The van der Waals surface area contributed by atoms with Crippen LogP contribution in [0.15, 0.2) is 0 Å². The van der Waals surface area contributed by atoms with Gasteiger partial charge in [0.05, 0.1) is 18.6 Å². The van der Waals surface area contributed by atoms with Gasteiger partial charge >= 0.3 is 5.97 Å². The SMILES string of the molecule is CCOC(=O)C1CCCC2C(=O)COC21. The minimum atomic E-state index is -0.227. The van der Waals surface area contributed by atoms with Gasteiger partial charge in [-0.3, -0.25) is 9.59 Å². The minimum absolute atomic E-state index is 0.0619. The smallest absolute Gasteiger partial charge is 0.311 e. The second-order valence-corrected chi connectivity index (χ2v) is 4.14. The highest BCUT2D eigenvalue weighted by Crippen LogP contribution is 2.36. The Hall–Kier alpha value is -0.900. The topological polar surface area (TPSA) is 52.6 Å². The summed E-state index contributed by atoms with van der Waals surface area (Å²) in [5.74, 6) is -0.348. The van der Waals surface area contributed by atoms with Crippen molar-refractivity contribution in [3.63, 3.8) is 0 Å². The predicted octanol–water partition coefficient (Wildman–Crippen LogP) is 0.934. The zero-order valence-corrected chi connectivity index (χ0v) is 8.90. The van der Waals surface area contributed by atoms with Gasteiger partial charge in [0.25, 0.3) is 0 Å². The Morgan fingerprint density at radius 3 is 3.07 bits per heavy atom. The molecule has 0 bridgehead atoms. The van der Waals surface area contributed by atoms with Crippen molar-refractivity contribution >= 4 is 11.8 Å². The molecule has 2 fully saturated rings. The van der Waals surface area contributed by atoms with E-state index in [1.807, 2.05) is 0 Å². The molecule has 2 rings (SSSR count). The predicted molar refractivity (Wildman–Crippen MR) is 52.2 cm³/mol. The fourth-order valence-corrected chi connectivity index (χ4v) is 2.53. The van der Waals surface area contributed by atoms with Crippen molar-refractivity contribution in [2.45, 2.75) is 32.3 Å². The van der Waals surface area contributed by atoms with Gasteiger partial charge < -0.3 is 9.47 Å². The highest BCUT2D eigenvalue weighted by molar-refractivity contribution is 5.86. The molecule has 1 saturated heterocycles. The van der Waals surface area contributed by atoms with E-state index < -0.39 is 0 Å². The average Bonchev–Trinajstić information content (AvgIpc) is 2.61. The maximum Gasteiger partial charge on any atom is 0.311 e. The van der Waals surface area contributed by atoms with E-state index in [4.69, 9.17) is 9.47 Å². The van der Waals surface area contributed by atoms with Gasteiger partial charge in [-0.1, -0.05) is 6.42 Å². The standard InChI is InChI=1S/C11H16O4/c1-2-14-11(13)8-5-3-4-7-9(12)6-15-10(7)8/h7-8,10H,2-6H2,1H3. The summed E-state index contributed by atoms with van der Waals surface area (Å²) >= 11 is 0. The summed E-state index contributed by atoms with van der Waals surface area (Å²) in [7, 11) is 0. The molecule has 3 atom stereocenters. The monoisotopic (exact) mass is 212 g/mol. The molecule has 0 aromatic rings. The van der Waals surface area contributed by atoms with Gasteiger partial charge in [-0.2, -0.15) is 0 Å². The summed E-state index contributed by atoms with van der Waals surface area (Å²) in [5.41, 5.74) is 0. The van der Waals surface area contributed by atoms with Gasteiger partial charge in [0.1, 0.15) is 6.61 Å². The third kappa shape index (κ3) is 1.91. The van der Waals surface area contributed by atoms with E-state index in [0.29, 0.717) is 6.61 Å². The van der Waals surface area contributed by atoms with Crippen molar-refractivity contribution in [1.82, 2.24) is 0 Å². The van der Waals surface area contributed by atoms with Crippen LogP contribution in [0.4, 0.5) is 0 Å². The number of hydrogen-bond donors (Lipinski definition) is 0. The van der Waals surface area contributed by atoms with Crippen LogP contribution in [0, 0.1) is 11.8 Å². The van der Waals surface area contributed by atoms with E-state index in [0.717, 1.165) is 19.3 Å². The molecule has 0 spiro atoms. The lowest BCUT2D eigenvalue weighted by Crippen LogP contribution is -2.38. The first-order valence-corrected chi connectivity index (χ1v) is 5.55. The Balaban J connectivity index is 2.06. The number of esters is 1. The molecule has 4 nitrogen and oxygen atoms in total. The Kier molecular flexibility index (Phi) is 3.05. The van der Waals surface area contributed by atoms with Crippen LogP contribution in [-0.2, 0) is 19.1 Å². The lowest BCUT2D eigenvalue weighted by Gasteiger charge is -2.29. The fourth-order valence-electron chi connectivity index (χ4n) is 2.53. The Labute approximate surface area is 88.9 Å². The normalized spacial score (nSPS) is 35.0. The molecule has 0 aromatic heterocycles. The summed E-state index contributed by atoms with van der Waals surface area (Å²) in [4.78, 5) is 23.1. The number of rotatable bonds is 2. The number of carbonyl (C=O) groups is 2. The highest BCUT2D eigenvalue weighted by Gasteiger charge is 2.46. The first kappa shape index (κ1) is 10.6. The maximum atomic E-state index is 11.6. The molecule has 0 N–H and O–H groups in total. The first-order valence-electron chi connectivity index (χ1n) is 5.55. The average molecular weight is 212 g/mol. The molecule has 84 valence electrons. The second-order valence-electron chi connectivity index (χ2n) is 4.14. The zero-order chi connectivity index (χ0) is 10.8. The Morgan fingerprint density at radius 2 is 2.33 bits per heavy atom. The summed E-state index contributed by atoms with van der Waals surface area (Å²) < 4.78 is 10.4. The number of hydrogen-bond acceptors (Lipinski definition) is 4. The van der Waals surface area contributed by atoms with Crippen molar-refractivity contribution in [1.29, 1.82) is 0 Å². The van der Waals surface area contributed by atoms with Crippen molar-refractivity contribution in [3.05, 3.63) is 0 Å². The Bertz CT molecular complexity index is 274. The summed E-state index contributed by atoms with van der Waals surface area (Å²) in [6.07, 6.45) is 2.34. The largest absolute Gasteiger partial charge is 0.466 e. The van der Waals surface area contributed by atoms with Gasteiger partial charge in [0.2, 0.25) is 0 Å². The van der Waals surface area contributed by atoms with Crippen molar-refractivity contribution < 1.29 is 19.1 Å². The van der Waals surface area contributed by atoms with Gasteiger partial charge in [-0.25, -0.2) is 0 Å². The summed E-state index contributed by atoms with van der Waals surface area (Å²) in [6, 6.07) is 0. The molecule has 1 saturated carbocycles. The molecule has 3 unspecified atom stereocenters. The molecule has 0 radical (unpaired) electrons. The van der Waals surface area contributed by atoms with Crippen LogP contribution in [0.1, 0.15) is 26.2 Å². The van der Waals surface area contributed by atoms with Crippen molar-refractivity contribution in [2.75, 3.05) is 13.2 Å². The van der Waals surface area contributed by atoms with Crippen molar-refractivity contribution in [2.24, 2.45) is 11.8 Å². The highest BCUT2D eigenvalue weighted by atomic mass is 16.5. The van der Waals surface area contributed by atoms with Crippen LogP contribution in [0.25, 0.3) is 0 Å². The number of Topliss-reactive ketones (excluding diaryl/α,β-unsaturated/α-hetero) is 1. The quantitative estimate of drug-likeness (QED) is 0.639. The molecule has 1 heterocycles. The van der Waals surface area contributed by atoms with Gasteiger partial charge in [0.15, 0.2) is 5.78 Å². The van der Waals surface area contributed by atoms with Crippen LogP contribution < -0.4 is 0 Å². The van der Waals surface area contributed by atoms with E-state index in [1.165, 1.54) is 0 Å². The summed E-state index contributed by atoms with van der Waals surface area (Å²) in [6.45, 7) is 2.35. The third-order valence-corrected chi connectivity index (χ3v) is 3.24. The van der Waals surface area contributed by atoms with Crippen LogP contribution in [0.3, 0.4) is 0 Å². The lowest BCUT2D eigenvalue weighted by molar-refractivity contribution is -0.155. The zero-order valence-electron chi connectivity index (χ0n) is 8.90. The minimum Gasteiger partial charge on any atom is -0.466 e. The van der Waals surface area contributed by atoms with Crippen LogP contribution in [0.2, 0.25) is 0 Å². The second kappa shape index (κ2) is 4.31. The molecule has 15 heavy (non-hydrogen) atoms. The third-order valence-electron chi connectivity index (χ3n) is 3.24. The van der Waals surface area contributed by atoms with Crippen LogP contribution >= 0.6 is 0 Å². The van der Waals surface area contributed by atoms with Crippen LogP contribution in [-0.4, -0.2) is 31.1 Å². The van der Waals surface area contributed by atoms with Gasteiger partial charge in [-0.15, -0.1) is 0 Å². The van der Waals surface area contributed by atoms with E-state index >= 15 is 0 Å². The molecule has 0 aromatic carbocycles. The first-order chi connectivity index (χ1) is 7.24.